The van der Waals surface area contributed by atoms with E-state index in [4.69, 9.17) is 9.97 Å². The molecule has 0 radical (unpaired) electrons. The highest BCUT2D eigenvalue weighted by molar-refractivity contribution is 6.15. The molecule has 16 aromatic rings. The van der Waals surface area contributed by atoms with Gasteiger partial charge in [-0.3, -0.25) is 9.97 Å². The maximum Gasteiger partial charge on any atom is 0.0937 e. The average molecular weight is 981 g/mol. The van der Waals surface area contributed by atoms with Gasteiger partial charge in [-0.2, -0.15) is 0 Å². The molecular formula is C71H44N6. The van der Waals surface area contributed by atoms with Crippen molar-refractivity contribution < 1.29 is 0 Å². The van der Waals surface area contributed by atoms with E-state index in [0.717, 1.165) is 78.5 Å². The SMILES string of the molecule is c1ccc(-n2c3ccc(-n4c5ccccc5c5ccccc54)cc3c3cc(C4(c5ccc6c(c5)c5cc(-n7c8ccccc8c8ccccc87)ccc5n6-c5ccccc5)c5cccnc5-c5ncccc54)ccc32)cc1. The van der Waals surface area contributed by atoms with E-state index in [0.29, 0.717) is 0 Å². The van der Waals surface area contributed by atoms with Gasteiger partial charge >= 0.3 is 0 Å². The van der Waals surface area contributed by atoms with Crippen molar-refractivity contribution in [3.63, 3.8) is 0 Å². The van der Waals surface area contributed by atoms with Gasteiger partial charge in [-0.15, -0.1) is 0 Å². The summed E-state index contributed by atoms with van der Waals surface area (Å²) in [5, 5.41) is 9.66. The van der Waals surface area contributed by atoms with Gasteiger partial charge in [-0.05, 0) is 144 Å². The Kier molecular flexibility index (Phi) is 8.67. The van der Waals surface area contributed by atoms with Gasteiger partial charge in [0.15, 0.2) is 0 Å². The van der Waals surface area contributed by atoms with Crippen molar-refractivity contribution in [1.29, 1.82) is 0 Å². The Morgan fingerprint density at radius 2 is 0.545 bits per heavy atom. The summed E-state index contributed by atoms with van der Waals surface area (Å²) in [7, 11) is 0. The van der Waals surface area contributed by atoms with Gasteiger partial charge in [-0.1, -0.05) is 133 Å². The molecule has 0 atom stereocenters. The Bertz CT molecular complexity index is 4680. The lowest BCUT2D eigenvalue weighted by Crippen LogP contribution is -2.28. The fourth-order valence-electron chi connectivity index (χ4n) is 13.6. The monoisotopic (exact) mass is 980 g/mol. The minimum atomic E-state index is -0.799. The van der Waals surface area contributed by atoms with Gasteiger partial charge in [0.05, 0.1) is 60.9 Å². The first kappa shape index (κ1) is 42.1. The van der Waals surface area contributed by atoms with Gasteiger partial charge in [0.25, 0.3) is 0 Å². The Morgan fingerprint density at radius 1 is 0.234 bits per heavy atom. The minimum Gasteiger partial charge on any atom is -0.309 e. The number of para-hydroxylation sites is 6. The molecule has 0 bridgehead atoms. The summed E-state index contributed by atoms with van der Waals surface area (Å²) in [6, 6.07) is 93.8. The van der Waals surface area contributed by atoms with Gasteiger partial charge in [0, 0.05) is 78.2 Å². The summed E-state index contributed by atoms with van der Waals surface area (Å²) in [5.74, 6) is 0. The van der Waals surface area contributed by atoms with Crippen LogP contribution in [-0.4, -0.2) is 28.2 Å². The van der Waals surface area contributed by atoms with Crippen molar-refractivity contribution in [3.8, 4) is 34.1 Å². The van der Waals surface area contributed by atoms with Gasteiger partial charge in [0.2, 0.25) is 0 Å². The molecule has 6 aromatic heterocycles. The lowest BCUT2D eigenvalue weighted by molar-refractivity contribution is 0.767. The summed E-state index contributed by atoms with van der Waals surface area (Å²) in [5.41, 5.74) is 19.3. The summed E-state index contributed by atoms with van der Waals surface area (Å²) in [6.45, 7) is 0. The molecule has 6 heterocycles. The maximum absolute atomic E-state index is 5.16. The number of fused-ring (bicyclic) bond motifs is 15. The fourth-order valence-corrected chi connectivity index (χ4v) is 13.6. The van der Waals surface area contributed by atoms with Gasteiger partial charge < -0.3 is 18.3 Å². The smallest absolute Gasteiger partial charge is 0.0937 e. The predicted octanol–water partition coefficient (Wildman–Crippen LogP) is 17.2. The molecule has 1 aliphatic carbocycles. The Balaban J connectivity index is 0.966. The number of hydrogen-bond acceptors (Lipinski definition) is 2. The number of aromatic nitrogens is 6. The third-order valence-electron chi connectivity index (χ3n) is 16.7. The van der Waals surface area contributed by atoms with Crippen LogP contribution in [0.1, 0.15) is 22.3 Å². The molecule has 0 aliphatic heterocycles. The molecular weight excluding hydrogens is 937 g/mol. The molecule has 0 amide bonds. The van der Waals surface area contributed by atoms with Crippen LogP contribution in [0, 0.1) is 0 Å². The Labute approximate surface area is 442 Å². The van der Waals surface area contributed by atoms with Crippen LogP contribution >= 0.6 is 0 Å². The lowest BCUT2D eigenvalue weighted by Gasteiger charge is -2.33. The molecule has 0 fully saturated rings. The van der Waals surface area contributed by atoms with E-state index in [1.165, 1.54) is 65.2 Å². The molecule has 0 unspecified atom stereocenters. The second kappa shape index (κ2) is 15.9. The summed E-state index contributed by atoms with van der Waals surface area (Å²) >= 11 is 0. The van der Waals surface area contributed by atoms with E-state index in [2.05, 4.69) is 273 Å². The molecule has 0 saturated heterocycles. The molecule has 10 aromatic carbocycles. The van der Waals surface area contributed by atoms with Crippen LogP contribution in [0.5, 0.6) is 0 Å². The van der Waals surface area contributed by atoms with E-state index >= 15 is 0 Å². The van der Waals surface area contributed by atoms with E-state index in [1.807, 2.05) is 12.4 Å². The van der Waals surface area contributed by atoms with E-state index in [9.17, 15) is 0 Å². The van der Waals surface area contributed by atoms with Crippen LogP contribution in [-0.2, 0) is 5.41 Å². The quantitative estimate of drug-likeness (QED) is 0.167. The molecule has 0 N–H and O–H groups in total. The molecule has 17 rings (SSSR count). The Morgan fingerprint density at radius 3 is 0.935 bits per heavy atom. The number of pyridine rings is 2. The zero-order valence-corrected chi connectivity index (χ0v) is 41.6. The van der Waals surface area contributed by atoms with E-state index < -0.39 is 5.41 Å². The molecule has 0 spiro atoms. The largest absolute Gasteiger partial charge is 0.309 e. The molecule has 6 nitrogen and oxygen atoms in total. The summed E-state index contributed by atoms with van der Waals surface area (Å²) in [6.07, 6.45) is 3.82. The fraction of sp³-hybridized carbons (Fsp3) is 0.0141. The van der Waals surface area contributed by atoms with Crippen LogP contribution in [0.25, 0.3) is 121 Å². The van der Waals surface area contributed by atoms with Crippen molar-refractivity contribution in [3.05, 3.63) is 289 Å². The number of nitrogens with zero attached hydrogens (tertiary/aromatic N) is 6. The number of hydrogen-bond donors (Lipinski definition) is 0. The highest BCUT2D eigenvalue weighted by Gasteiger charge is 2.48. The van der Waals surface area contributed by atoms with Crippen molar-refractivity contribution in [1.82, 2.24) is 28.2 Å². The maximum atomic E-state index is 5.16. The minimum absolute atomic E-state index is 0.799. The standard InChI is InChI=1S/C71H44N6/c1-3-17-47(18-4-1)74-65-35-31-45(41-55(65)57-43-49(33-37-67(57)74)76-61-27-11-7-21-51(61)52-22-8-12-28-62(52)76)71(59-25-15-39-72-69(59)70-60(71)26-16-40-73-70)46-32-36-66-56(42-46)58-44-50(34-38-68(58)75(66)48-19-5-2-6-20-48)77-63-29-13-9-23-53(63)54-24-10-14-30-64(54)77/h1-44H. The van der Waals surface area contributed by atoms with Gasteiger partial charge in [-0.25, -0.2) is 0 Å². The van der Waals surface area contributed by atoms with Crippen LogP contribution < -0.4 is 0 Å². The van der Waals surface area contributed by atoms with Crippen molar-refractivity contribution in [2.45, 2.75) is 5.41 Å². The number of rotatable bonds is 6. The molecule has 1 aliphatic rings. The van der Waals surface area contributed by atoms with Crippen molar-refractivity contribution in [2.75, 3.05) is 0 Å². The zero-order chi connectivity index (χ0) is 50.3. The molecule has 6 heteroatoms. The molecule has 358 valence electrons. The Hall–Kier alpha value is -10.3. The van der Waals surface area contributed by atoms with Crippen LogP contribution in [0.4, 0.5) is 0 Å². The van der Waals surface area contributed by atoms with Crippen molar-refractivity contribution >= 4 is 87.2 Å². The summed E-state index contributed by atoms with van der Waals surface area (Å²) < 4.78 is 9.71. The lowest BCUT2D eigenvalue weighted by atomic mass is 9.67. The second-order valence-electron chi connectivity index (χ2n) is 20.5. The van der Waals surface area contributed by atoms with Crippen LogP contribution in [0.15, 0.2) is 267 Å². The van der Waals surface area contributed by atoms with Gasteiger partial charge in [0.1, 0.15) is 0 Å². The first-order valence-corrected chi connectivity index (χ1v) is 26.4. The third-order valence-corrected chi connectivity index (χ3v) is 16.7. The van der Waals surface area contributed by atoms with Crippen LogP contribution in [0.2, 0.25) is 0 Å². The van der Waals surface area contributed by atoms with Crippen molar-refractivity contribution in [2.24, 2.45) is 0 Å². The molecule has 0 saturated carbocycles. The van der Waals surface area contributed by atoms with E-state index in [-0.39, 0.29) is 0 Å². The van der Waals surface area contributed by atoms with Crippen LogP contribution in [0.3, 0.4) is 0 Å². The third kappa shape index (κ3) is 5.73. The summed E-state index contributed by atoms with van der Waals surface area (Å²) in [4.78, 5) is 10.3. The predicted molar refractivity (Wildman–Crippen MR) is 317 cm³/mol. The highest BCUT2D eigenvalue weighted by Crippen LogP contribution is 2.56. The first-order valence-electron chi connectivity index (χ1n) is 26.4. The zero-order valence-electron chi connectivity index (χ0n) is 41.6. The highest BCUT2D eigenvalue weighted by atomic mass is 15.0. The normalized spacial score (nSPS) is 13.0. The number of benzene rings is 10. The molecule has 77 heavy (non-hydrogen) atoms. The first-order chi connectivity index (χ1) is 38.2. The second-order valence-corrected chi connectivity index (χ2v) is 20.5. The van der Waals surface area contributed by atoms with E-state index in [1.54, 1.807) is 0 Å². The average Bonchev–Trinajstić information content (AvgIpc) is 4.39. The topological polar surface area (TPSA) is 45.5 Å².